The molecule has 0 spiro atoms. The Morgan fingerprint density at radius 2 is 1.44 bits per heavy atom. The van der Waals surface area contributed by atoms with Crippen molar-refractivity contribution in [2.75, 3.05) is 50.8 Å². The Kier molecular flexibility index (Phi) is 10.3. The second-order valence-corrected chi connectivity index (χ2v) is 13.0. The first-order chi connectivity index (χ1) is 24.6. The number of amides is 1. The number of piperazine rings is 1. The first kappa shape index (κ1) is 33.2. The summed E-state index contributed by atoms with van der Waals surface area (Å²) in [6.45, 7) is 6.90. The molecule has 0 unspecified atom stereocenters. The van der Waals surface area contributed by atoms with Gasteiger partial charge in [-0.25, -0.2) is 4.98 Å². The summed E-state index contributed by atoms with van der Waals surface area (Å²) < 4.78 is 2.00. The molecular weight excluding hydrogens is 621 g/mol. The molecular formula is C42H44N6O2. The van der Waals surface area contributed by atoms with Crippen molar-refractivity contribution in [2.24, 2.45) is 0 Å². The zero-order chi connectivity index (χ0) is 34.3. The molecule has 50 heavy (non-hydrogen) atoms. The van der Waals surface area contributed by atoms with Crippen molar-refractivity contribution in [2.45, 2.75) is 25.7 Å². The van der Waals surface area contributed by atoms with Crippen LogP contribution in [0.2, 0.25) is 0 Å². The van der Waals surface area contributed by atoms with E-state index in [4.69, 9.17) is 10.1 Å². The van der Waals surface area contributed by atoms with Gasteiger partial charge in [-0.2, -0.15) is 9.61 Å². The monoisotopic (exact) mass is 664 g/mol. The molecule has 7 rings (SSSR count). The minimum absolute atomic E-state index is 0.00142. The third-order valence-corrected chi connectivity index (χ3v) is 9.67. The summed E-state index contributed by atoms with van der Waals surface area (Å²) in [5, 5.41) is 17.7. The molecule has 2 aromatic heterocycles. The SMILES string of the molecule is Cc1nn2c(N3CCN(CCO)CC3)cc(-c3cccc(CCNC(=O)CC(c4ccccc4)c4ccccc4)c3)nc2c1-c1ccccc1. The van der Waals surface area contributed by atoms with Crippen molar-refractivity contribution in [1.82, 2.24) is 24.8 Å². The molecule has 6 aromatic rings. The van der Waals surface area contributed by atoms with Gasteiger partial charge < -0.3 is 15.3 Å². The van der Waals surface area contributed by atoms with Crippen molar-refractivity contribution < 1.29 is 9.90 Å². The summed E-state index contributed by atoms with van der Waals surface area (Å²) in [6.07, 6.45) is 1.10. The first-order valence-corrected chi connectivity index (χ1v) is 17.6. The van der Waals surface area contributed by atoms with E-state index in [0.717, 1.165) is 82.4 Å². The number of benzene rings is 4. The lowest BCUT2D eigenvalue weighted by Gasteiger charge is -2.35. The quantitative estimate of drug-likeness (QED) is 0.158. The van der Waals surface area contributed by atoms with Gasteiger partial charge in [0, 0.05) is 68.8 Å². The van der Waals surface area contributed by atoms with Crippen molar-refractivity contribution in [3.05, 3.63) is 144 Å². The van der Waals surface area contributed by atoms with Crippen LogP contribution in [-0.2, 0) is 11.2 Å². The maximum atomic E-state index is 13.2. The number of hydrogen-bond acceptors (Lipinski definition) is 6. The lowest BCUT2D eigenvalue weighted by atomic mass is 9.88. The molecule has 1 amide bonds. The van der Waals surface area contributed by atoms with Gasteiger partial charge in [-0.15, -0.1) is 0 Å². The van der Waals surface area contributed by atoms with Crippen molar-refractivity contribution >= 4 is 17.4 Å². The maximum Gasteiger partial charge on any atom is 0.220 e. The van der Waals surface area contributed by atoms with E-state index in [2.05, 4.69) is 101 Å². The van der Waals surface area contributed by atoms with Crippen LogP contribution in [0.4, 0.5) is 5.82 Å². The van der Waals surface area contributed by atoms with Crippen LogP contribution in [-0.4, -0.2) is 76.4 Å². The van der Waals surface area contributed by atoms with E-state index in [-0.39, 0.29) is 18.4 Å². The summed E-state index contributed by atoms with van der Waals surface area (Å²) in [5.74, 6) is 1.06. The largest absolute Gasteiger partial charge is 0.395 e. The molecule has 1 saturated heterocycles. The van der Waals surface area contributed by atoms with Gasteiger partial charge >= 0.3 is 0 Å². The number of nitrogens with one attached hydrogen (secondary N) is 1. The number of β-amino-alcohol motifs (C(OH)–C–C–N with tert-alkyl or cyclic N) is 1. The Balaban J connectivity index is 1.12. The molecule has 0 aliphatic carbocycles. The normalized spacial score (nSPS) is 13.6. The van der Waals surface area contributed by atoms with Crippen LogP contribution in [0.5, 0.6) is 0 Å². The predicted octanol–water partition coefficient (Wildman–Crippen LogP) is 6.37. The van der Waals surface area contributed by atoms with Crippen LogP contribution in [0.3, 0.4) is 0 Å². The lowest BCUT2D eigenvalue weighted by molar-refractivity contribution is -0.121. The fraction of sp³-hybridized carbons (Fsp3) is 0.262. The number of hydrogen-bond donors (Lipinski definition) is 2. The van der Waals surface area contributed by atoms with E-state index in [9.17, 15) is 9.90 Å². The van der Waals surface area contributed by atoms with Gasteiger partial charge in [-0.3, -0.25) is 9.69 Å². The number of carbonyl (C=O) groups is 1. The summed E-state index contributed by atoms with van der Waals surface area (Å²) in [4.78, 5) is 23.2. The van der Waals surface area contributed by atoms with Crippen LogP contribution < -0.4 is 10.2 Å². The second-order valence-electron chi connectivity index (χ2n) is 13.0. The molecule has 0 bridgehead atoms. The molecule has 4 aromatic carbocycles. The summed E-state index contributed by atoms with van der Waals surface area (Å²) in [5.41, 5.74) is 9.24. The summed E-state index contributed by atoms with van der Waals surface area (Å²) in [6, 6.07) is 41.5. The molecule has 1 fully saturated rings. The summed E-state index contributed by atoms with van der Waals surface area (Å²) >= 11 is 0. The van der Waals surface area contributed by atoms with Crippen LogP contribution in [0, 0.1) is 6.92 Å². The highest BCUT2D eigenvalue weighted by molar-refractivity contribution is 5.83. The summed E-state index contributed by atoms with van der Waals surface area (Å²) in [7, 11) is 0. The van der Waals surface area contributed by atoms with Crippen LogP contribution in [0.1, 0.15) is 34.7 Å². The molecule has 3 heterocycles. The maximum absolute atomic E-state index is 13.2. The molecule has 2 N–H and O–H groups in total. The minimum Gasteiger partial charge on any atom is -0.395 e. The topological polar surface area (TPSA) is 86.0 Å². The Bertz CT molecular complexity index is 1980. The molecule has 254 valence electrons. The highest BCUT2D eigenvalue weighted by atomic mass is 16.3. The first-order valence-electron chi connectivity index (χ1n) is 17.6. The number of aryl methyl sites for hydroxylation is 1. The van der Waals surface area contributed by atoms with E-state index in [1.807, 2.05) is 47.0 Å². The average molecular weight is 665 g/mol. The Labute approximate surface area is 294 Å². The number of aromatic nitrogens is 3. The van der Waals surface area contributed by atoms with Crippen LogP contribution in [0.25, 0.3) is 28.0 Å². The molecule has 1 aliphatic heterocycles. The minimum atomic E-state index is 0.00142. The number of anilines is 1. The number of aliphatic hydroxyl groups excluding tert-OH is 1. The number of rotatable bonds is 12. The fourth-order valence-electron chi connectivity index (χ4n) is 7.05. The van der Waals surface area contributed by atoms with E-state index in [0.29, 0.717) is 25.9 Å². The molecule has 8 nitrogen and oxygen atoms in total. The van der Waals surface area contributed by atoms with Crippen LogP contribution in [0.15, 0.2) is 121 Å². The third-order valence-electron chi connectivity index (χ3n) is 9.67. The third kappa shape index (κ3) is 7.47. The van der Waals surface area contributed by atoms with Crippen molar-refractivity contribution in [1.29, 1.82) is 0 Å². The van der Waals surface area contributed by atoms with Crippen LogP contribution >= 0.6 is 0 Å². The smallest absolute Gasteiger partial charge is 0.220 e. The van der Waals surface area contributed by atoms with Gasteiger partial charge in [0.05, 0.1) is 18.0 Å². The second kappa shape index (κ2) is 15.5. The molecule has 8 heteroatoms. The van der Waals surface area contributed by atoms with Gasteiger partial charge in [-0.1, -0.05) is 109 Å². The van der Waals surface area contributed by atoms with E-state index >= 15 is 0 Å². The van der Waals surface area contributed by atoms with Gasteiger partial charge in [0.15, 0.2) is 5.65 Å². The van der Waals surface area contributed by atoms with Gasteiger partial charge in [0.25, 0.3) is 0 Å². The number of nitrogens with zero attached hydrogens (tertiary/aromatic N) is 5. The molecule has 0 radical (unpaired) electrons. The lowest BCUT2D eigenvalue weighted by Crippen LogP contribution is -2.47. The average Bonchev–Trinajstić information content (AvgIpc) is 3.50. The number of aliphatic hydroxyl groups is 1. The van der Waals surface area contributed by atoms with Gasteiger partial charge in [0.2, 0.25) is 5.91 Å². The van der Waals surface area contributed by atoms with Gasteiger partial charge in [-0.05, 0) is 41.7 Å². The zero-order valence-electron chi connectivity index (χ0n) is 28.6. The highest BCUT2D eigenvalue weighted by Crippen LogP contribution is 2.33. The van der Waals surface area contributed by atoms with Crippen molar-refractivity contribution in [3.63, 3.8) is 0 Å². The number of carbonyl (C=O) groups excluding carboxylic acids is 1. The molecule has 1 aliphatic rings. The highest BCUT2D eigenvalue weighted by Gasteiger charge is 2.24. The number of fused-ring (bicyclic) bond motifs is 1. The fourth-order valence-corrected chi connectivity index (χ4v) is 7.05. The van der Waals surface area contributed by atoms with E-state index in [1.54, 1.807) is 0 Å². The Hall–Kier alpha value is -5.31. The van der Waals surface area contributed by atoms with E-state index < -0.39 is 0 Å². The molecule has 0 atom stereocenters. The zero-order valence-corrected chi connectivity index (χ0v) is 28.6. The van der Waals surface area contributed by atoms with Crippen molar-refractivity contribution in [3.8, 4) is 22.4 Å². The standard InChI is InChI=1S/C42H44N6O2/c1-31-41(35-17-9-4-10-18-35)42-44-38(30-40(48(42)45-31)47-24-22-46(23-25-47)26-27-49)36-19-11-12-32(28-36)20-21-43-39(50)29-37(33-13-5-2-6-14-33)34-15-7-3-8-16-34/h2-19,28,30,37,49H,20-27,29H2,1H3,(H,43,50). The van der Waals surface area contributed by atoms with E-state index in [1.165, 1.54) is 0 Å². The molecule has 0 saturated carbocycles. The van der Waals surface area contributed by atoms with Gasteiger partial charge in [0.1, 0.15) is 5.82 Å². The Morgan fingerprint density at radius 3 is 2.10 bits per heavy atom. The predicted molar refractivity (Wildman–Crippen MR) is 200 cm³/mol. The Morgan fingerprint density at radius 1 is 0.800 bits per heavy atom.